The van der Waals surface area contributed by atoms with Gasteiger partial charge in [-0.3, -0.25) is 4.79 Å². The van der Waals surface area contributed by atoms with Crippen molar-refractivity contribution in [2.75, 3.05) is 17.5 Å². The highest BCUT2D eigenvalue weighted by Crippen LogP contribution is 2.37. The van der Waals surface area contributed by atoms with Crippen LogP contribution < -0.4 is 15.2 Å². The van der Waals surface area contributed by atoms with Gasteiger partial charge in [-0.25, -0.2) is 14.6 Å². The normalized spacial score (nSPS) is 11.5. The molecule has 15 heteroatoms. The number of carbonyl (C=O) groups excluding carboxylic acids is 1. The van der Waals surface area contributed by atoms with Crippen LogP contribution in [0.2, 0.25) is 10.0 Å². The maximum atomic E-state index is 13.9. The van der Waals surface area contributed by atoms with Crippen molar-refractivity contribution < 1.29 is 22.7 Å². The van der Waals surface area contributed by atoms with E-state index in [1.165, 1.54) is 37.9 Å². The Morgan fingerprint density at radius 3 is 2.65 bits per heavy atom. The Morgan fingerprint density at radius 1 is 1.32 bits per heavy atom. The van der Waals surface area contributed by atoms with E-state index in [9.17, 15) is 18.0 Å². The van der Waals surface area contributed by atoms with E-state index in [2.05, 4.69) is 37.3 Å². The smallest absolute Gasteiger partial charge is 0.434 e. The molecule has 0 unspecified atom stereocenters. The first-order valence-corrected chi connectivity index (χ1v) is 9.94. The molecule has 0 atom stereocenters. The second-order valence-electron chi connectivity index (χ2n) is 6.26. The summed E-state index contributed by atoms with van der Waals surface area (Å²) in [5.74, 6) is -1.31. The lowest BCUT2D eigenvalue weighted by atomic mass is 10.2. The zero-order chi connectivity index (χ0) is 25.0. The Morgan fingerprint density at radius 2 is 2.06 bits per heavy atom. The molecule has 10 nitrogen and oxygen atoms in total. The number of alkyl halides is 3. The third kappa shape index (κ3) is 4.94. The molecule has 3 heterocycles. The molecule has 0 spiro atoms. The molecule has 3 rings (SSSR count). The zero-order valence-corrected chi connectivity index (χ0v) is 19.0. The summed E-state index contributed by atoms with van der Waals surface area (Å²) in [6.45, 7) is 4.97. The van der Waals surface area contributed by atoms with E-state index in [-0.39, 0.29) is 33.1 Å². The number of amides is 1. The van der Waals surface area contributed by atoms with Crippen LogP contribution in [0.25, 0.3) is 5.82 Å². The number of rotatable bonds is 7. The third-order valence-corrected chi connectivity index (χ3v) is 4.80. The van der Waals surface area contributed by atoms with Crippen molar-refractivity contribution in [1.29, 1.82) is 0 Å². The molecule has 0 saturated carbocycles. The van der Waals surface area contributed by atoms with Crippen molar-refractivity contribution in [3.05, 3.63) is 52.0 Å². The van der Waals surface area contributed by atoms with Crippen LogP contribution in [0.3, 0.4) is 0 Å². The van der Waals surface area contributed by atoms with Crippen molar-refractivity contribution in [2.24, 2.45) is 10.2 Å². The number of hydrogen-bond donors (Lipinski definition) is 1. The Labute approximate surface area is 200 Å². The van der Waals surface area contributed by atoms with Gasteiger partial charge < -0.3 is 10.1 Å². The van der Waals surface area contributed by atoms with Crippen LogP contribution in [0, 0.1) is 0 Å². The lowest BCUT2D eigenvalue weighted by Crippen LogP contribution is -2.21. The zero-order valence-electron chi connectivity index (χ0n) is 17.5. The van der Waals surface area contributed by atoms with E-state index in [4.69, 9.17) is 27.9 Å². The number of ether oxygens (including phenoxy) is 1. The number of halogens is 5. The predicted octanol–water partition coefficient (Wildman–Crippen LogP) is 4.68. The van der Waals surface area contributed by atoms with E-state index in [0.717, 1.165) is 11.3 Å². The molecule has 3 aromatic heterocycles. The number of hydrazone groups is 2. The first kappa shape index (κ1) is 24.9. The maximum Gasteiger partial charge on any atom is 0.434 e. The Kier molecular flexibility index (Phi) is 7.37. The summed E-state index contributed by atoms with van der Waals surface area (Å²) < 4.78 is 47.3. The fourth-order valence-corrected chi connectivity index (χ4v) is 3.29. The van der Waals surface area contributed by atoms with E-state index < -0.39 is 23.3 Å². The lowest BCUT2D eigenvalue weighted by Gasteiger charge is -2.15. The summed E-state index contributed by atoms with van der Waals surface area (Å²) in [5, 5.41) is 14.3. The first-order valence-electron chi connectivity index (χ1n) is 9.18. The van der Waals surface area contributed by atoms with Gasteiger partial charge in [0.25, 0.3) is 5.91 Å². The van der Waals surface area contributed by atoms with Gasteiger partial charge >= 0.3 is 6.18 Å². The molecule has 0 fully saturated rings. The SMILES string of the molecule is C=NN(/N=C\C)c1ncc(NC(=O)c2cnn(-c3nccc(OC)c3Cl)c2C(F)(F)F)cc1Cl. The van der Waals surface area contributed by atoms with Crippen LogP contribution in [0.5, 0.6) is 5.75 Å². The monoisotopic (exact) mass is 514 g/mol. The molecule has 34 heavy (non-hydrogen) atoms. The third-order valence-electron chi connectivity index (χ3n) is 4.17. The molecule has 0 aromatic carbocycles. The second kappa shape index (κ2) is 10.1. The molecule has 0 aliphatic heterocycles. The van der Waals surface area contributed by atoms with Gasteiger partial charge in [-0.15, -0.1) is 5.12 Å². The average molecular weight is 515 g/mol. The molecule has 0 aliphatic rings. The van der Waals surface area contributed by atoms with E-state index in [0.29, 0.717) is 4.68 Å². The van der Waals surface area contributed by atoms with Gasteiger partial charge in [0.1, 0.15) is 10.8 Å². The number of carbonyl (C=O) groups is 1. The molecule has 0 radical (unpaired) electrons. The highest BCUT2D eigenvalue weighted by molar-refractivity contribution is 6.33. The molecule has 0 aliphatic carbocycles. The summed E-state index contributed by atoms with van der Waals surface area (Å²) in [5.41, 5.74) is -2.15. The number of methoxy groups -OCH3 is 1. The minimum absolute atomic E-state index is 0.00917. The summed E-state index contributed by atoms with van der Waals surface area (Å²) in [4.78, 5) is 20.6. The van der Waals surface area contributed by atoms with Gasteiger partial charge in [-0.1, -0.05) is 23.2 Å². The van der Waals surface area contributed by atoms with Crippen LogP contribution >= 0.6 is 23.2 Å². The molecular weight excluding hydrogens is 500 g/mol. The van der Waals surface area contributed by atoms with Crippen molar-refractivity contribution in [2.45, 2.75) is 13.1 Å². The molecule has 0 bridgehead atoms. The fourth-order valence-electron chi connectivity index (χ4n) is 2.78. The fraction of sp³-hybridized carbons (Fsp3) is 0.158. The van der Waals surface area contributed by atoms with Crippen LogP contribution in [0.15, 0.2) is 40.9 Å². The Hall–Kier alpha value is -3.71. The minimum Gasteiger partial charge on any atom is -0.495 e. The first-order chi connectivity index (χ1) is 16.1. The Bertz CT molecular complexity index is 1260. The molecule has 3 aromatic rings. The molecule has 0 saturated heterocycles. The minimum atomic E-state index is -4.98. The van der Waals surface area contributed by atoms with Gasteiger partial charge in [0.2, 0.25) is 0 Å². The molecule has 1 amide bonds. The predicted molar refractivity (Wildman–Crippen MR) is 121 cm³/mol. The number of anilines is 2. The molecule has 178 valence electrons. The summed E-state index contributed by atoms with van der Waals surface area (Å²) in [7, 11) is 1.29. The number of nitrogens with zero attached hydrogens (tertiary/aromatic N) is 7. The van der Waals surface area contributed by atoms with Gasteiger partial charge in [-0.05, 0) is 13.0 Å². The summed E-state index contributed by atoms with van der Waals surface area (Å²) in [6, 6.07) is 2.63. The number of aromatic nitrogens is 4. The topological polar surface area (TPSA) is 110 Å². The summed E-state index contributed by atoms with van der Waals surface area (Å²) in [6.07, 6.45) is -0.451. The van der Waals surface area contributed by atoms with Gasteiger partial charge in [0, 0.05) is 25.2 Å². The van der Waals surface area contributed by atoms with E-state index >= 15 is 0 Å². The van der Waals surface area contributed by atoms with Crippen molar-refractivity contribution in [1.82, 2.24) is 19.7 Å². The highest BCUT2D eigenvalue weighted by Gasteiger charge is 2.41. The second-order valence-corrected chi connectivity index (χ2v) is 7.04. The van der Waals surface area contributed by atoms with Gasteiger partial charge in [-0.2, -0.15) is 28.5 Å². The maximum absolute atomic E-state index is 13.9. The largest absolute Gasteiger partial charge is 0.495 e. The van der Waals surface area contributed by atoms with Crippen molar-refractivity contribution in [3.8, 4) is 11.6 Å². The van der Waals surface area contributed by atoms with Crippen LogP contribution in [-0.2, 0) is 6.18 Å². The van der Waals surface area contributed by atoms with Crippen LogP contribution in [-0.4, -0.2) is 45.7 Å². The van der Waals surface area contributed by atoms with E-state index in [1.807, 2.05) is 0 Å². The molecular formula is C19H15Cl2F3N8O2. The average Bonchev–Trinajstić information content (AvgIpc) is 3.24. The Balaban J connectivity index is 1.99. The van der Waals surface area contributed by atoms with Crippen molar-refractivity contribution >= 4 is 53.5 Å². The number of hydrogen-bond acceptors (Lipinski definition) is 8. The highest BCUT2D eigenvalue weighted by atomic mass is 35.5. The van der Waals surface area contributed by atoms with Gasteiger partial charge in [0.15, 0.2) is 17.3 Å². The quantitative estimate of drug-likeness (QED) is 0.362. The number of nitrogens with one attached hydrogen (secondary N) is 1. The van der Waals surface area contributed by atoms with Crippen molar-refractivity contribution in [3.63, 3.8) is 0 Å². The van der Waals surface area contributed by atoms with Crippen LogP contribution in [0.4, 0.5) is 24.7 Å². The lowest BCUT2D eigenvalue weighted by molar-refractivity contribution is -0.143. The van der Waals surface area contributed by atoms with E-state index in [1.54, 1.807) is 6.92 Å². The number of pyridine rings is 2. The molecule has 1 N–H and O–H groups in total. The summed E-state index contributed by atoms with van der Waals surface area (Å²) >= 11 is 12.3. The standard InChI is InChI=1S/C19H15Cl2F3N8O2/c1-4-28-32(25-2)16-12(20)7-10(8-27-16)30-18(33)11-9-29-31(15(11)19(22,23)24)17-14(21)13(34-3)5-6-26-17/h4-9H,2H2,1,3H3,(H,30,33)/b28-4-. The van der Waals surface area contributed by atoms with Crippen LogP contribution in [0.1, 0.15) is 23.0 Å². The van der Waals surface area contributed by atoms with Gasteiger partial charge in [0.05, 0.1) is 35.8 Å².